The van der Waals surface area contributed by atoms with Crippen LogP contribution in [-0.2, 0) is 23.7 Å². The number of phenols is 4. The molecule has 2 aliphatic heterocycles. The third kappa shape index (κ3) is 7.92. The molecule has 282 valence electrons. The van der Waals surface area contributed by atoms with Crippen molar-refractivity contribution >= 4 is 23.0 Å². The number of carbonyl (C=O) groups excluding carboxylic acids is 1. The summed E-state index contributed by atoms with van der Waals surface area (Å²) in [4.78, 5) is 26.2. The molecule has 10 atom stereocenters. The number of aliphatic hydroxyl groups excluding tert-OH is 5. The van der Waals surface area contributed by atoms with E-state index in [1.807, 2.05) is 0 Å². The van der Waals surface area contributed by atoms with Gasteiger partial charge in [0.25, 0.3) is 0 Å². The van der Waals surface area contributed by atoms with Crippen LogP contribution in [0, 0.1) is 0 Å². The van der Waals surface area contributed by atoms with E-state index in [4.69, 9.17) is 28.1 Å². The van der Waals surface area contributed by atoms with Gasteiger partial charge in [-0.3, -0.25) is 4.79 Å². The lowest BCUT2D eigenvalue weighted by atomic mass is 9.98. The summed E-state index contributed by atoms with van der Waals surface area (Å²) in [5.74, 6) is -2.90. The number of hydrogen-bond acceptors (Lipinski definition) is 17. The molecule has 1 aromatic heterocycles. The van der Waals surface area contributed by atoms with Gasteiger partial charge in [0.15, 0.2) is 18.2 Å². The maximum Gasteiger partial charge on any atom is 0.331 e. The number of aliphatic hydroxyl groups is 5. The number of benzene rings is 3. The van der Waals surface area contributed by atoms with Gasteiger partial charge in [-0.05, 0) is 55.0 Å². The Morgan fingerprint density at radius 2 is 1.42 bits per heavy atom. The molecule has 2 fully saturated rings. The molecule has 53 heavy (non-hydrogen) atoms. The summed E-state index contributed by atoms with van der Waals surface area (Å²) in [5, 5.41) is 93.0. The number of fused-ring (bicyclic) bond motifs is 1. The highest BCUT2D eigenvalue weighted by Crippen LogP contribution is 2.38. The third-order valence-electron chi connectivity index (χ3n) is 8.71. The third-order valence-corrected chi connectivity index (χ3v) is 8.71. The van der Waals surface area contributed by atoms with E-state index in [0.29, 0.717) is 5.56 Å². The smallest absolute Gasteiger partial charge is 0.331 e. The Morgan fingerprint density at radius 3 is 2.09 bits per heavy atom. The molecule has 17 nitrogen and oxygen atoms in total. The van der Waals surface area contributed by atoms with E-state index < -0.39 is 102 Å². The predicted molar refractivity (Wildman–Crippen MR) is 180 cm³/mol. The van der Waals surface area contributed by atoms with Crippen LogP contribution in [0.3, 0.4) is 0 Å². The first-order valence-corrected chi connectivity index (χ1v) is 16.2. The fourth-order valence-corrected chi connectivity index (χ4v) is 5.86. The molecule has 2 aliphatic rings. The van der Waals surface area contributed by atoms with E-state index in [0.717, 1.165) is 18.2 Å². The summed E-state index contributed by atoms with van der Waals surface area (Å²) in [7, 11) is 0. The highest BCUT2D eigenvalue weighted by molar-refractivity contribution is 5.88. The van der Waals surface area contributed by atoms with Crippen molar-refractivity contribution in [3.63, 3.8) is 0 Å². The van der Waals surface area contributed by atoms with Gasteiger partial charge >= 0.3 is 5.97 Å². The summed E-state index contributed by atoms with van der Waals surface area (Å²) in [6.07, 6.45) is -14.0. The highest BCUT2D eigenvalue weighted by atomic mass is 16.7. The maximum absolute atomic E-state index is 13.7. The molecular weight excluding hydrogens is 704 g/mol. The molecule has 3 aromatic carbocycles. The Labute approximate surface area is 299 Å². The number of ether oxygens (including phenoxy) is 5. The van der Waals surface area contributed by atoms with Crippen molar-refractivity contribution in [2.75, 3.05) is 6.61 Å². The summed E-state index contributed by atoms with van der Waals surface area (Å²) >= 11 is 0. The molecule has 6 rings (SSSR count). The topological polar surface area (TPSA) is 275 Å². The van der Waals surface area contributed by atoms with Crippen LogP contribution < -0.4 is 10.2 Å². The molecule has 0 bridgehead atoms. The quantitative estimate of drug-likeness (QED) is 0.0838. The number of rotatable bonds is 9. The first-order chi connectivity index (χ1) is 25.2. The van der Waals surface area contributed by atoms with E-state index >= 15 is 0 Å². The first kappa shape index (κ1) is 37.5. The number of carbonyl (C=O) groups is 1. The van der Waals surface area contributed by atoms with Crippen LogP contribution in [0.25, 0.3) is 28.4 Å². The minimum absolute atomic E-state index is 0.0408. The minimum atomic E-state index is -1.96. The second kappa shape index (κ2) is 15.4. The van der Waals surface area contributed by atoms with Crippen LogP contribution in [0.5, 0.6) is 28.7 Å². The average molecular weight is 741 g/mol. The molecule has 10 unspecified atom stereocenters. The van der Waals surface area contributed by atoms with E-state index in [1.54, 1.807) is 12.1 Å². The lowest BCUT2D eigenvalue weighted by Crippen LogP contribution is -2.62. The Bertz CT molecular complexity index is 2010. The second-order valence-electron chi connectivity index (χ2n) is 12.5. The largest absolute Gasteiger partial charge is 0.508 e. The molecule has 0 saturated carbocycles. The minimum Gasteiger partial charge on any atom is -0.508 e. The SMILES string of the molecule is CC1OC(OCC2OC(Oc3c(-c4ccc(O)cc4)oc4cc(O)cc(O)c4c3=O)C(O)C(O)C2O)C(O)C(O)C1OC(=O)C=Cc1ccc(O)cc1. The summed E-state index contributed by atoms with van der Waals surface area (Å²) in [6, 6.07) is 13.2. The molecule has 0 spiro atoms. The van der Waals surface area contributed by atoms with Gasteiger partial charge < -0.3 is 74.1 Å². The van der Waals surface area contributed by atoms with E-state index in [9.17, 15) is 55.5 Å². The number of aromatic hydroxyl groups is 4. The predicted octanol–water partition coefficient (Wildman–Crippen LogP) is 0.577. The van der Waals surface area contributed by atoms with Crippen LogP contribution in [0.4, 0.5) is 0 Å². The molecule has 0 radical (unpaired) electrons. The van der Waals surface area contributed by atoms with E-state index in [-0.39, 0.29) is 28.4 Å². The van der Waals surface area contributed by atoms with Crippen molar-refractivity contribution < 1.29 is 78.9 Å². The highest BCUT2D eigenvalue weighted by Gasteiger charge is 2.48. The van der Waals surface area contributed by atoms with Crippen molar-refractivity contribution in [2.24, 2.45) is 0 Å². The fourth-order valence-electron chi connectivity index (χ4n) is 5.86. The van der Waals surface area contributed by atoms with Gasteiger partial charge in [-0.25, -0.2) is 4.79 Å². The Kier molecular flexibility index (Phi) is 10.9. The van der Waals surface area contributed by atoms with E-state index in [2.05, 4.69) is 0 Å². The Balaban J connectivity index is 1.16. The Hall–Kier alpha value is -5.24. The van der Waals surface area contributed by atoms with Crippen LogP contribution in [-0.4, -0.2) is 120 Å². The number of phenolic OH excluding ortho intramolecular Hbond substituents is 4. The second-order valence-corrected chi connectivity index (χ2v) is 12.5. The molecular formula is C36H36O17. The summed E-state index contributed by atoms with van der Waals surface area (Å²) < 4.78 is 33.9. The molecule has 2 saturated heterocycles. The van der Waals surface area contributed by atoms with Gasteiger partial charge in [-0.1, -0.05) is 12.1 Å². The van der Waals surface area contributed by atoms with Crippen molar-refractivity contribution in [3.8, 4) is 40.1 Å². The average Bonchev–Trinajstić information content (AvgIpc) is 3.12. The maximum atomic E-state index is 13.7. The number of hydrogen-bond donors (Lipinski definition) is 9. The lowest BCUT2D eigenvalue weighted by Gasteiger charge is -2.43. The molecule has 4 aromatic rings. The molecule has 9 N–H and O–H groups in total. The fraction of sp³-hybridized carbons (Fsp3) is 0.333. The Morgan fingerprint density at radius 1 is 0.774 bits per heavy atom. The first-order valence-electron chi connectivity index (χ1n) is 16.2. The van der Waals surface area contributed by atoms with Crippen molar-refractivity contribution in [1.82, 2.24) is 0 Å². The van der Waals surface area contributed by atoms with Crippen LogP contribution in [0.1, 0.15) is 12.5 Å². The number of esters is 1. The summed E-state index contributed by atoms with van der Waals surface area (Å²) in [6.45, 7) is 0.812. The molecule has 0 amide bonds. The summed E-state index contributed by atoms with van der Waals surface area (Å²) in [5.41, 5.74) is -0.444. The van der Waals surface area contributed by atoms with Crippen molar-refractivity contribution in [2.45, 2.75) is 68.3 Å². The van der Waals surface area contributed by atoms with Gasteiger partial charge in [0.2, 0.25) is 17.5 Å². The lowest BCUT2D eigenvalue weighted by molar-refractivity contribution is -0.319. The van der Waals surface area contributed by atoms with E-state index in [1.165, 1.54) is 49.4 Å². The van der Waals surface area contributed by atoms with Crippen molar-refractivity contribution in [1.29, 1.82) is 0 Å². The molecule has 3 heterocycles. The van der Waals surface area contributed by atoms with Crippen LogP contribution >= 0.6 is 0 Å². The van der Waals surface area contributed by atoms with Crippen LogP contribution in [0.15, 0.2) is 76.0 Å². The normalized spacial score (nSPS) is 28.9. The molecule has 0 aliphatic carbocycles. The monoisotopic (exact) mass is 740 g/mol. The zero-order valence-electron chi connectivity index (χ0n) is 27.7. The van der Waals surface area contributed by atoms with Gasteiger partial charge in [0, 0.05) is 23.8 Å². The van der Waals surface area contributed by atoms with Gasteiger partial charge in [0.05, 0.1) is 12.7 Å². The van der Waals surface area contributed by atoms with Gasteiger partial charge in [-0.15, -0.1) is 0 Å². The molecule has 17 heteroatoms. The van der Waals surface area contributed by atoms with Crippen LogP contribution in [0.2, 0.25) is 0 Å². The van der Waals surface area contributed by atoms with Crippen molar-refractivity contribution in [3.05, 3.63) is 82.5 Å². The zero-order valence-corrected chi connectivity index (χ0v) is 27.7. The van der Waals surface area contributed by atoms with Gasteiger partial charge in [-0.2, -0.15) is 0 Å². The zero-order chi connectivity index (χ0) is 38.1. The standard InChI is InChI=1S/C36H36O17/c1-15-32(52-24(41)11-4-16-2-7-18(37)8-3-16)29(45)31(47)35(49-15)48-14-23-26(42)28(44)30(46)36(51-23)53-34-27(43)25-21(40)12-20(39)13-22(25)50-33(34)17-5-9-19(38)10-6-17/h2-13,15,23,26,28-32,35-40,42,44-47H,14H2,1H3. The van der Waals surface area contributed by atoms with Gasteiger partial charge in [0.1, 0.15) is 70.6 Å².